The first-order valence-electron chi connectivity index (χ1n) is 31.1. The summed E-state index contributed by atoms with van der Waals surface area (Å²) in [5.74, 6) is -6.21. The number of ether oxygens (including phenoxy) is 2. The fourth-order valence-corrected chi connectivity index (χ4v) is 13.8. The van der Waals surface area contributed by atoms with Crippen LogP contribution in [0.1, 0.15) is 142 Å². The molecule has 3 spiro atoms. The number of amides is 13. The zero-order valence-electron chi connectivity index (χ0n) is 52.5. The van der Waals surface area contributed by atoms with Gasteiger partial charge in [0, 0.05) is 125 Å². The number of anilines is 2. The Balaban J connectivity index is 0.000000124. The second-order valence-corrected chi connectivity index (χ2v) is 28.3. The van der Waals surface area contributed by atoms with Crippen molar-refractivity contribution < 1.29 is 76.2 Å². The van der Waals surface area contributed by atoms with Crippen molar-refractivity contribution in [3.8, 4) is 0 Å². The number of fused-ring (bicyclic) bond motifs is 3. The minimum atomic E-state index is -1.02. The van der Waals surface area contributed by atoms with Gasteiger partial charge in [-0.1, -0.05) is 6.58 Å². The lowest BCUT2D eigenvalue weighted by Gasteiger charge is -2.60. The third-order valence-electron chi connectivity index (χ3n) is 18.6. The van der Waals surface area contributed by atoms with Crippen molar-refractivity contribution in [1.29, 1.82) is 0 Å². The number of piperidine rings is 3. The predicted octanol–water partition coefficient (Wildman–Crippen LogP) is 2.68. The van der Waals surface area contributed by atoms with Crippen molar-refractivity contribution >= 4 is 88.5 Å². The first-order chi connectivity index (χ1) is 43.8. The normalized spacial score (nSPS) is 24.2. The molecule has 28 heteroatoms. The summed E-state index contributed by atoms with van der Waals surface area (Å²) in [6.07, 6.45) is 0.885. The fourth-order valence-electron chi connectivity index (χ4n) is 13.8. The molecule has 15 rings (SSSR count). The lowest BCUT2D eigenvalue weighted by Crippen LogP contribution is -2.73. The van der Waals surface area contributed by atoms with Crippen molar-refractivity contribution in [1.82, 2.24) is 51.1 Å². The highest BCUT2D eigenvalue weighted by Gasteiger charge is 2.56. The molecule has 12 aliphatic rings. The van der Waals surface area contributed by atoms with E-state index in [1.54, 1.807) is 34.1 Å². The summed E-state index contributed by atoms with van der Waals surface area (Å²) >= 11 is 0. The molecule has 9 fully saturated rings. The van der Waals surface area contributed by atoms with E-state index in [2.05, 4.69) is 43.0 Å². The van der Waals surface area contributed by atoms with Gasteiger partial charge in [-0.25, -0.2) is 14.0 Å². The highest BCUT2D eigenvalue weighted by Crippen LogP contribution is 2.44. The zero-order valence-corrected chi connectivity index (χ0v) is 52.5. The molecule has 12 heterocycles. The van der Waals surface area contributed by atoms with Crippen LogP contribution in [0.5, 0.6) is 0 Å². The quantitative estimate of drug-likeness (QED) is 0.229. The standard InChI is InChI=1S/C24H28N4O5.C18H18N4O4.C13H9FN2O4.C10H18N2O2/c1-14-5-8-18(19(29)25-14)28-20(30)16-7-6-15(9-17(16)21(28)31)26-10-24(11-26)12-27(13-24)22(32)33-23(2,3)4;23-14-4-3-13(15(24)20-14)22-16(25)11-2-1-10(5-12(11)17(22)26)21-8-18(9-21)6-19-7-18;14-6-1-2-7-8(5-6)13(20)16(12(7)19)9-3-4-10(17)15-11(9)18;1-9(2,3)14-8(13)12-6-10(7-12)4-11-5-10/h6-7,9,18H,1,5,8,10-13H2,2-4H3,(H,25,29);1-2,5,13,19H,3-4,6-9H2,(H,20,23,24);1-2,5,9H,3-4H2,(H,15,17,18);11H,4-7H2,1-3H3. The minimum Gasteiger partial charge on any atom is -0.444 e. The van der Waals surface area contributed by atoms with Crippen LogP contribution in [-0.4, -0.2) is 210 Å². The molecular formula is C65H73FN12O15. The fraction of sp³-hybridized carbons (Fsp3) is 0.492. The van der Waals surface area contributed by atoms with E-state index in [-0.39, 0.29) is 71.8 Å². The summed E-state index contributed by atoms with van der Waals surface area (Å²) in [5.41, 5.74) is 3.62. The topological polar surface area (TPSA) is 323 Å². The lowest BCUT2D eigenvalue weighted by molar-refractivity contribution is -0.137. The van der Waals surface area contributed by atoms with Crippen LogP contribution in [-0.2, 0) is 33.4 Å². The molecule has 5 N–H and O–H groups in total. The van der Waals surface area contributed by atoms with E-state index in [1.165, 1.54) is 6.07 Å². The molecular weight excluding hydrogens is 1210 g/mol. The van der Waals surface area contributed by atoms with Crippen LogP contribution in [0.25, 0.3) is 0 Å². The number of imide groups is 5. The summed E-state index contributed by atoms with van der Waals surface area (Å²) < 4.78 is 23.9. The number of allylic oxidation sites excluding steroid dienone is 1. The average Bonchev–Trinajstić information content (AvgIpc) is 1.42. The third-order valence-corrected chi connectivity index (χ3v) is 18.6. The molecule has 13 amide bonds. The Morgan fingerprint density at radius 1 is 0.452 bits per heavy atom. The van der Waals surface area contributed by atoms with Crippen LogP contribution in [0.2, 0.25) is 0 Å². The maximum absolute atomic E-state index is 13.2. The van der Waals surface area contributed by atoms with Gasteiger partial charge in [0.05, 0.1) is 33.4 Å². The molecule has 27 nitrogen and oxygen atoms in total. The van der Waals surface area contributed by atoms with Gasteiger partial charge >= 0.3 is 12.2 Å². The number of benzene rings is 3. The predicted molar refractivity (Wildman–Crippen MR) is 327 cm³/mol. The summed E-state index contributed by atoms with van der Waals surface area (Å²) in [4.78, 5) is 169. The molecule has 0 aromatic heterocycles. The van der Waals surface area contributed by atoms with Gasteiger partial charge in [0.25, 0.3) is 35.4 Å². The number of hydrogen-bond acceptors (Lipinski definition) is 19. The van der Waals surface area contributed by atoms with Gasteiger partial charge in [0.1, 0.15) is 35.1 Å². The Morgan fingerprint density at radius 3 is 1.15 bits per heavy atom. The molecule has 490 valence electrons. The molecule has 12 aliphatic heterocycles. The highest BCUT2D eigenvalue weighted by atomic mass is 19.1. The first-order valence-corrected chi connectivity index (χ1v) is 31.1. The Kier molecular flexibility index (Phi) is 16.0. The Morgan fingerprint density at radius 2 is 0.785 bits per heavy atom. The molecule has 0 bridgehead atoms. The van der Waals surface area contributed by atoms with Gasteiger partial charge in [-0.05, 0) is 122 Å². The molecule has 0 saturated carbocycles. The number of rotatable bonds is 5. The van der Waals surface area contributed by atoms with E-state index >= 15 is 0 Å². The lowest BCUT2D eigenvalue weighted by atomic mass is 9.72. The van der Waals surface area contributed by atoms with Crippen molar-refractivity contribution in [2.45, 2.75) is 109 Å². The maximum atomic E-state index is 13.2. The Hall–Kier alpha value is -9.44. The smallest absolute Gasteiger partial charge is 0.410 e. The highest BCUT2D eigenvalue weighted by molar-refractivity contribution is 6.25. The molecule has 3 unspecified atom stereocenters. The number of carbonyl (C=O) groups is 13. The molecule has 9 saturated heterocycles. The number of hydrogen-bond donors (Lipinski definition) is 5. The summed E-state index contributed by atoms with van der Waals surface area (Å²) in [6, 6.07) is 11.0. The minimum absolute atomic E-state index is 0.0460. The van der Waals surface area contributed by atoms with Crippen LogP contribution < -0.4 is 36.4 Å². The van der Waals surface area contributed by atoms with Gasteiger partial charge < -0.3 is 45.0 Å². The van der Waals surface area contributed by atoms with E-state index in [0.717, 1.165) is 104 Å². The summed E-state index contributed by atoms with van der Waals surface area (Å²) in [6.45, 7) is 25.6. The second kappa shape index (κ2) is 23.3. The van der Waals surface area contributed by atoms with Crippen molar-refractivity contribution in [3.05, 3.63) is 106 Å². The largest absolute Gasteiger partial charge is 0.444 e. The van der Waals surface area contributed by atoms with E-state index in [9.17, 15) is 66.7 Å². The van der Waals surface area contributed by atoms with Gasteiger partial charge in [-0.15, -0.1) is 0 Å². The number of nitrogens with zero attached hydrogens (tertiary/aromatic N) is 7. The molecule has 3 aromatic rings. The maximum Gasteiger partial charge on any atom is 0.410 e. The van der Waals surface area contributed by atoms with Gasteiger partial charge in [0.2, 0.25) is 29.5 Å². The van der Waals surface area contributed by atoms with Gasteiger partial charge in [-0.3, -0.25) is 78.1 Å². The molecule has 0 aliphatic carbocycles. The van der Waals surface area contributed by atoms with E-state index in [1.807, 2.05) is 53.7 Å². The molecule has 93 heavy (non-hydrogen) atoms. The number of likely N-dealkylation sites (tertiary alicyclic amines) is 2. The van der Waals surface area contributed by atoms with E-state index in [0.29, 0.717) is 64.7 Å². The second-order valence-electron chi connectivity index (χ2n) is 28.3. The average molecular weight is 1280 g/mol. The van der Waals surface area contributed by atoms with E-state index < -0.39 is 82.7 Å². The van der Waals surface area contributed by atoms with Crippen LogP contribution in [0, 0.1) is 22.1 Å². The molecule has 3 atom stereocenters. The summed E-state index contributed by atoms with van der Waals surface area (Å²) in [5, 5.41) is 13.5. The van der Waals surface area contributed by atoms with Gasteiger partial charge in [-0.2, -0.15) is 0 Å². The molecule has 0 radical (unpaired) electrons. The monoisotopic (exact) mass is 1280 g/mol. The van der Waals surface area contributed by atoms with Crippen LogP contribution in [0.15, 0.2) is 66.9 Å². The zero-order chi connectivity index (χ0) is 66.6. The third kappa shape index (κ3) is 12.1. The van der Waals surface area contributed by atoms with E-state index in [4.69, 9.17) is 9.47 Å². The number of nitrogens with one attached hydrogen (secondary N) is 5. The van der Waals surface area contributed by atoms with Crippen LogP contribution in [0.4, 0.5) is 25.4 Å². The molecule has 3 aromatic carbocycles. The SMILES string of the molecule is C=C1CCC(N2C(=O)c3ccc(N4CC5(CN(C(=O)OC(C)(C)C)C5)C4)cc3C2=O)C(=O)N1.CC(C)(C)OC(=O)N1CC2(CNC2)C1.O=C1CCC(N2C(=O)c3ccc(F)cc3C2=O)C(=O)N1.O=C1CCC(N2C(=O)c3ccc(N4CC5(CNC5)C4)cc3C2=O)C(=O)N1. The summed E-state index contributed by atoms with van der Waals surface area (Å²) in [7, 11) is 0. The Labute approximate surface area is 534 Å². The van der Waals surface area contributed by atoms with Gasteiger partial charge in [0.15, 0.2) is 0 Å². The van der Waals surface area contributed by atoms with Crippen molar-refractivity contribution in [2.75, 3.05) is 88.3 Å². The van der Waals surface area contributed by atoms with Crippen molar-refractivity contribution in [3.63, 3.8) is 0 Å². The number of halogens is 1. The Bertz CT molecular complexity index is 3800. The number of carbonyl (C=O) groups excluding carboxylic acids is 13. The first kappa shape index (κ1) is 63.7. The van der Waals surface area contributed by atoms with Crippen molar-refractivity contribution in [2.24, 2.45) is 16.2 Å². The van der Waals surface area contributed by atoms with Crippen LogP contribution >= 0.6 is 0 Å². The van der Waals surface area contributed by atoms with Crippen LogP contribution in [0.3, 0.4) is 0 Å².